The molecule has 0 unspecified atom stereocenters. The van der Waals surface area contributed by atoms with Gasteiger partial charge in [0.2, 0.25) is 0 Å². The van der Waals surface area contributed by atoms with Crippen LogP contribution in [-0.2, 0) is 6.42 Å². The van der Waals surface area contributed by atoms with E-state index in [2.05, 4.69) is 16.9 Å². The Morgan fingerprint density at radius 2 is 2.29 bits per heavy atom. The Hall–Kier alpha value is -1.16. The lowest BCUT2D eigenvalue weighted by Crippen LogP contribution is -1.91. The van der Waals surface area contributed by atoms with Crippen molar-refractivity contribution in [3.8, 4) is 0 Å². The molecule has 3 nitrogen and oxygen atoms in total. The van der Waals surface area contributed by atoms with E-state index in [1.165, 1.54) is 24.2 Å². The number of hydrogen-bond acceptors (Lipinski definition) is 4. The highest BCUT2D eigenvalue weighted by Gasteiger charge is 2.06. The molecule has 0 spiro atoms. The van der Waals surface area contributed by atoms with Gasteiger partial charge in [0.1, 0.15) is 11.2 Å². The molecule has 2 rings (SSSR count). The normalized spacial score (nSPS) is 10.9. The number of nitrogens with zero attached hydrogens (tertiary/aromatic N) is 2. The van der Waals surface area contributed by atoms with Crippen molar-refractivity contribution in [2.75, 3.05) is 5.73 Å². The molecule has 0 amide bonds. The van der Waals surface area contributed by atoms with Crippen LogP contribution in [0.5, 0.6) is 0 Å². The molecule has 2 heterocycles. The van der Waals surface area contributed by atoms with Crippen LogP contribution in [0.15, 0.2) is 12.4 Å². The number of thiophene rings is 1. The van der Waals surface area contributed by atoms with Crippen LogP contribution in [0.1, 0.15) is 25.5 Å². The van der Waals surface area contributed by atoms with E-state index in [0.717, 1.165) is 27.3 Å². The summed E-state index contributed by atoms with van der Waals surface area (Å²) in [5.41, 5.74) is 6.87. The highest BCUT2D eigenvalue weighted by molar-refractivity contribution is 7.22. The minimum Gasteiger partial charge on any atom is -0.391 e. The van der Waals surface area contributed by atoms with Gasteiger partial charge in [0.05, 0.1) is 10.7 Å². The quantitative estimate of drug-likeness (QED) is 0.841. The van der Waals surface area contributed by atoms with Gasteiger partial charge in [-0.2, -0.15) is 0 Å². The first-order chi connectivity index (χ1) is 6.81. The van der Waals surface area contributed by atoms with Crippen molar-refractivity contribution in [1.29, 1.82) is 0 Å². The van der Waals surface area contributed by atoms with Crippen molar-refractivity contribution in [2.24, 2.45) is 0 Å². The van der Waals surface area contributed by atoms with Gasteiger partial charge in [-0.05, 0) is 18.9 Å². The molecular formula is C10H13N3S. The van der Waals surface area contributed by atoms with E-state index in [4.69, 9.17) is 5.73 Å². The van der Waals surface area contributed by atoms with E-state index in [1.54, 1.807) is 6.33 Å². The van der Waals surface area contributed by atoms with E-state index >= 15 is 0 Å². The average molecular weight is 207 g/mol. The Bertz CT molecular complexity index is 436. The van der Waals surface area contributed by atoms with E-state index in [1.807, 2.05) is 6.07 Å². The second-order valence-electron chi connectivity index (χ2n) is 3.29. The monoisotopic (exact) mass is 207 g/mol. The summed E-state index contributed by atoms with van der Waals surface area (Å²) < 4.78 is 0. The number of aryl methyl sites for hydroxylation is 1. The molecule has 0 saturated heterocycles. The lowest BCUT2D eigenvalue weighted by atomic mass is 10.1. The van der Waals surface area contributed by atoms with Gasteiger partial charge in [-0.15, -0.1) is 0 Å². The van der Waals surface area contributed by atoms with E-state index in [0.29, 0.717) is 0 Å². The molecule has 2 N–H and O–H groups in total. The van der Waals surface area contributed by atoms with E-state index in [-0.39, 0.29) is 0 Å². The van der Waals surface area contributed by atoms with Crippen LogP contribution in [-0.4, -0.2) is 9.97 Å². The average Bonchev–Trinajstić information content (AvgIpc) is 2.55. The molecule has 2 aromatic rings. The van der Waals surface area contributed by atoms with Crippen molar-refractivity contribution < 1.29 is 0 Å². The first-order valence-electron chi connectivity index (χ1n) is 4.80. The van der Waals surface area contributed by atoms with Crippen LogP contribution in [0.2, 0.25) is 0 Å². The molecule has 14 heavy (non-hydrogen) atoms. The summed E-state index contributed by atoms with van der Waals surface area (Å²) in [6.45, 7) is 2.18. The van der Waals surface area contributed by atoms with Crippen LogP contribution >= 0.6 is 11.3 Å². The predicted octanol–water partition coefficient (Wildman–Crippen LogP) is 2.62. The molecule has 0 atom stereocenters. The van der Waals surface area contributed by atoms with Crippen LogP contribution in [0, 0.1) is 0 Å². The van der Waals surface area contributed by atoms with Gasteiger partial charge in [0.25, 0.3) is 0 Å². The summed E-state index contributed by atoms with van der Waals surface area (Å²) >= 11 is 1.53. The molecule has 74 valence electrons. The SMILES string of the molecule is CCCCc1ncnc2sc(N)cc12. The van der Waals surface area contributed by atoms with Gasteiger partial charge in [-0.1, -0.05) is 24.7 Å². The maximum atomic E-state index is 5.74. The third kappa shape index (κ3) is 1.70. The number of unbranched alkanes of at least 4 members (excludes halogenated alkanes) is 1. The Labute approximate surface area is 87.0 Å². The lowest BCUT2D eigenvalue weighted by molar-refractivity contribution is 0.780. The summed E-state index contributed by atoms with van der Waals surface area (Å²) in [5, 5.41) is 1.95. The van der Waals surface area contributed by atoms with Crippen molar-refractivity contribution in [3.63, 3.8) is 0 Å². The Balaban J connectivity index is 2.42. The van der Waals surface area contributed by atoms with Crippen molar-refractivity contribution in [3.05, 3.63) is 18.1 Å². The minimum absolute atomic E-state index is 0.818. The molecule has 2 aromatic heterocycles. The van der Waals surface area contributed by atoms with Crippen LogP contribution in [0.4, 0.5) is 5.00 Å². The first kappa shape index (κ1) is 9.40. The van der Waals surface area contributed by atoms with Crippen molar-refractivity contribution >= 4 is 26.6 Å². The zero-order valence-electron chi connectivity index (χ0n) is 8.16. The third-order valence-electron chi connectivity index (χ3n) is 2.20. The van der Waals surface area contributed by atoms with Gasteiger partial charge in [-0.3, -0.25) is 0 Å². The van der Waals surface area contributed by atoms with Gasteiger partial charge in [-0.25, -0.2) is 9.97 Å². The molecular weight excluding hydrogens is 194 g/mol. The number of nitrogen functional groups attached to an aromatic ring is 1. The fourth-order valence-corrected chi connectivity index (χ4v) is 2.25. The molecule has 0 bridgehead atoms. The summed E-state index contributed by atoms with van der Waals surface area (Å²) in [6, 6.07) is 1.98. The lowest BCUT2D eigenvalue weighted by Gasteiger charge is -1.99. The Morgan fingerprint density at radius 1 is 1.43 bits per heavy atom. The van der Waals surface area contributed by atoms with Crippen LogP contribution in [0.3, 0.4) is 0 Å². The first-order valence-corrected chi connectivity index (χ1v) is 5.62. The van der Waals surface area contributed by atoms with Gasteiger partial charge >= 0.3 is 0 Å². The zero-order chi connectivity index (χ0) is 9.97. The summed E-state index contributed by atoms with van der Waals surface area (Å²) in [5.74, 6) is 0. The third-order valence-corrected chi connectivity index (χ3v) is 3.07. The largest absolute Gasteiger partial charge is 0.391 e. The molecule has 0 aromatic carbocycles. The maximum Gasteiger partial charge on any atom is 0.128 e. The standard InChI is InChI=1S/C10H13N3S/c1-2-3-4-8-7-5-9(11)14-10(7)13-6-12-8/h5-6H,2-4,11H2,1H3. The number of hydrogen-bond donors (Lipinski definition) is 1. The second-order valence-corrected chi connectivity index (χ2v) is 4.35. The molecule has 0 aliphatic carbocycles. The van der Waals surface area contributed by atoms with Crippen molar-refractivity contribution in [2.45, 2.75) is 26.2 Å². The summed E-state index contributed by atoms with van der Waals surface area (Å²) in [4.78, 5) is 9.50. The Kier molecular flexibility index (Phi) is 2.63. The summed E-state index contributed by atoms with van der Waals surface area (Å²) in [7, 11) is 0. The topological polar surface area (TPSA) is 51.8 Å². The summed E-state index contributed by atoms with van der Waals surface area (Å²) in [6.07, 6.45) is 5.00. The molecule has 4 heteroatoms. The van der Waals surface area contributed by atoms with Crippen LogP contribution < -0.4 is 5.73 Å². The highest BCUT2D eigenvalue weighted by Crippen LogP contribution is 2.27. The smallest absolute Gasteiger partial charge is 0.128 e. The predicted molar refractivity (Wildman–Crippen MR) is 60.4 cm³/mol. The fraction of sp³-hybridized carbons (Fsp3) is 0.400. The van der Waals surface area contributed by atoms with Crippen molar-refractivity contribution in [1.82, 2.24) is 9.97 Å². The minimum atomic E-state index is 0.818. The van der Waals surface area contributed by atoms with Gasteiger partial charge in [0.15, 0.2) is 0 Å². The Morgan fingerprint density at radius 3 is 3.07 bits per heavy atom. The van der Waals surface area contributed by atoms with E-state index in [9.17, 15) is 0 Å². The van der Waals surface area contributed by atoms with E-state index < -0.39 is 0 Å². The molecule has 0 radical (unpaired) electrons. The molecule has 0 fully saturated rings. The van der Waals surface area contributed by atoms with Gasteiger partial charge in [0, 0.05) is 5.39 Å². The maximum absolute atomic E-state index is 5.74. The zero-order valence-corrected chi connectivity index (χ0v) is 8.97. The molecule has 0 saturated carbocycles. The number of fused-ring (bicyclic) bond motifs is 1. The number of nitrogens with two attached hydrogens (primary N) is 1. The van der Waals surface area contributed by atoms with Gasteiger partial charge < -0.3 is 5.73 Å². The highest BCUT2D eigenvalue weighted by atomic mass is 32.1. The number of rotatable bonds is 3. The van der Waals surface area contributed by atoms with Crippen LogP contribution in [0.25, 0.3) is 10.2 Å². The second kappa shape index (κ2) is 3.92. The fourth-order valence-electron chi connectivity index (χ4n) is 1.47. The number of aromatic nitrogens is 2. The molecule has 0 aliphatic heterocycles. The number of anilines is 1. The molecule has 0 aliphatic rings.